The zero-order chi connectivity index (χ0) is 18.9. The highest BCUT2D eigenvalue weighted by Gasteiger charge is 2.31. The van der Waals surface area contributed by atoms with Crippen LogP contribution in [0.25, 0.3) is 0 Å². The van der Waals surface area contributed by atoms with Crippen molar-refractivity contribution in [1.82, 2.24) is 15.5 Å². The summed E-state index contributed by atoms with van der Waals surface area (Å²) in [7, 11) is 2.65. The van der Waals surface area contributed by atoms with Gasteiger partial charge in [-0.3, -0.25) is 9.79 Å². The Balaban J connectivity index is 0.00000625. The van der Waals surface area contributed by atoms with Crippen LogP contribution >= 0.6 is 35.7 Å². The van der Waals surface area contributed by atoms with Crippen LogP contribution < -0.4 is 10.6 Å². The number of hydrogen-bond acceptors (Lipinski definition) is 3. The highest BCUT2D eigenvalue weighted by molar-refractivity contribution is 14.0. The van der Waals surface area contributed by atoms with E-state index in [1.807, 2.05) is 37.3 Å². The van der Waals surface area contributed by atoms with E-state index in [2.05, 4.69) is 15.6 Å². The lowest BCUT2D eigenvalue weighted by atomic mass is 10.4. The third kappa shape index (κ3) is 10.7. The van der Waals surface area contributed by atoms with Crippen molar-refractivity contribution < 1.29 is 18.0 Å². The molecule has 0 aliphatic rings. The molecule has 0 bridgehead atoms. The van der Waals surface area contributed by atoms with E-state index < -0.39 is 18.6 Å². The summed E-state index contributed by atoms with van der Waals surface area (Å²) in [6.45, 7) is 1.10. The number of halogens is 4. The Bertz CT molecular complexity index is 572. The largest absolute Gasteiger partial charge is 0.406 e. The first-order valence-electron chi connectivity index (χ1n) is 7.68. The summed E-state index contributed by atoms with van der Waals surface area (Å²) in [5.74, 6) is -0.291. The molecule has 5 nitrogen and oxygen atoms in total. The molecule has 1 aromatic rings. The highest BCUT2D eigenvalue weighted by atomic mass is 127. The van der Waals surface area contributed by atoms with Gasteiger partial charge in [-0.1, -0.05) is 25.1 Å². The predicted molar refractivity (Wildman–Crippen MR) is 110 cm³/mol. The summed E-state index contributed by atoms with van der Waals surface area (Å²) in [6.07, 6.45) is -4.41. The zero-order valence-electron chi connectivity index (χ0n) is 14.8. The number of carbonyl (C=O) groups is 1. The molecule has 1 unspecified atom stereocenters. The lowest BCUT2D eigenvalue weighted by Gasteiger charge is -2.20. The van der Waals surface area contributed by atoms with Gasteiger partial charge in [-0.2, -0.15) is 13.2 Å². The van der Waals surface area contributed by atoms with Crippen LogP contribution in [-0.4, -0.2) is 61.9 Å². The molecule has 26 heavy (non-hydrogen) atoms. The first kappa shape index (κ1) is 24.8. The van der Waals surface area contributed by atoms with Crippen molar-refractivity contribution in [2.24, 2.45) is 4.99 Å². The lowest BCUT2D eigenvalue weighted by molar-refractivity contribution is -0.157. The number of nitrogens with one attached hydrogen (secondary N) is 2. The van der Waals surface area contributed by atoms with Gasteiger partial charge in [0.2, 0.25) is 5.91 Å². The summed E-state index contributed by atoms with van der Waals surface area (Å²) < 4.78 is 36.8. The molecule has 0 aromatic heterocycles. The van der Waals surface area contributed by atoms with Gasteiger partial charge in [0.1, 0.15) is 6.54 Å². The number of thioether (sulfide) groups is 1. The minimum absolute atomic E-state index is 0. The van der Waals surface area contributed by atoms with Gasteiger partial charge < -0.3 is 15.5 Å². The summed E-state index contributed by atoms with van der Waals surface area (Å²) in [5.41, 5.74) is 0. The fourth-order valence-corrected chi connectivity index (χ4v) is 2.83. The van der Waals surface area contributed by atoms with Crippen molar-refractivity contribution in [3.05, 3.63) is 30.3 Å². The smallest absolute Gasteiger partial charge is 0.355 e. The second-order valence-corrected chi connectivity index (χ2v) is 6.93. The SMILES string of the molecule is CN=C(NCC(=O)N(C)CC(F)(F)F)NCC(C)Sc1ccccc1.I. The molecule has 0 saturated heterocycles. The van der Waals surface area contributed by atoms with Gasteiger partial charge in [-0.05, 0) is 12.1 Å². The average Bonchev–Trinajstić information content (AvgIpc) is 2.54. The lowest BCUT2D eigenvalue weighted by Crippen LogP contribution is -2.46. The zero-order valence-corrected chi connectivity index (χ0v) is 18.0. The van der Waals surface area contributed by atoms with Crippen molar-refractivity contribution in [3.63, 3.8) is 0 Å². The van der Waals surface area contributed by atoms with Gasteiger partial charge in [-0.15, -0.1) is 35.7 Å². The summed E-state index contributed by atoms with van der Waals surface area (Å²) in [6, 6.07) is 9.91. The number of benzene rings is 1. The van der Waals surface area contributed by atoms with Crippen LogP contribution in [0.1, 0.15) is 6.92 Å². The Labute approximate surface area is 173 Å². The first-order chi connectivity index (χ1) is 11.7. The van der Waals surface area contributed by atoms with Crippen LogP contribution in [0.2, 0.25) is 0 Å². The molecule has 2 N–H and O–H groups in total. The number of amides is 1. The molecule has 0 heterocycles. The number of alkyl halides is 3. The Kier molecular flexibility index (Phi) is 11.7. The van der Waals surface area contributed by atoms with E-state index in [4.69, 9.17) is 0 Å². The van der Waals surface area contributed by atoms with Crippen LogP contribution in [0, 0.1) is 0 Å². The standard InChI is InChI=1S/C16H23F3N4OS.HI/c1-12(25-13-7-5-4-6-8-13)9-21-15(20-2)22-10-14(24)23(3)11-16(17,18)19;/h4-8,12H,9-11H2,1-3H3,(H2,20,21,22);1H. The number of rotatable bonds is 7. The van der Waals surface area contributed by atoms with Gasteiger partial charge in [-0.25, -0.2) is 0 Å². The maximum absolute atomic E-state index is 12.3. The summed E-state index contributed by atoms with van der Waals surface area (Å²) in [5, 5.41) is 6.02. The van der Waals surface area contributed by atoms with Gasteiger partial charge in [0.15, 0.2) is 5.96 Å². The third-order valence-corrected chi connectivity index (χ3v) is 4.22. The molecule has 1 rings (SSSR count). The van der Waals surface area contributed by atoms with Gasteiger partial charge in [0.25, 0.3) is 0 Å². The molecule has 0 saturated carbocycles. The van der Waals surface area contributed by atoms with E-state index in [1.165, 1.54) is 7.05 Å². The van der Waals surface area contributed by atoms with Crippen LogP contribution in [0.4, 0.5) is 13.2 Å². The number of nitrogens with zero attached hydrogens (tertiary/aromatic N) is 2. The Morgan fingerprint density at radius 3 is 2.42 bits per heavy atom. The fraction of sp³-hybridized carbons (Fsp3) is 0.500. The molecule has 1 atom stereocenters. The number of carbonyl (C=O) groups excluding carboxylic acids is 1. The molecule has 10 heteroatoms. The molecular formula is C16H24F3IN4OS. The monoisotopic (exact) mass is 504 g/mol. The van der Waals surface area contributed by atoms with Gasteiger partial charge >= 0.3 is 6.18 Å². The van der Waals surface area contributed by atoms with E-state index >= 15 is 0 Å². The Hall–Kier alpha value is -1.17. The third-order valence-electron chi connectivity index (χ3n) is 3.11. The second-order valence-electron chi connectivity index (χ2n) is 5.41. The summed E-state index contributed by atoms with van der Waals surface area (Å²) in [4.78, 5) is 17.4. The maximum atomic E-state index is 12.3. The number of hydrogen-bond donors (Lipinski definition) is 2. The first-order valence-corrected chi connectivity index (χ1v) is 8.56. The van der Waals surface area contributed by atoms with Crippen molar-refractivity contribution in [3.8, 4) is 0 Å². The minimum Gasteiger partial charge on any atom is -0.355 e. The van der Waals surface area contributed by atoms with Crippen LogP contribution in [0.3, 0.4) is 0 Å². The van der Waals surface area contributed by atoms with Gasteiger partial charge in [0.05, 0.1) is 6.54 Å². The predicted octanol–water partition coefficient (Wildman–Crippen LogP) is 2.97. The van der Waals surface area contributed by atoms with Crippen molar-refractivity contribution in [2.45, 2.75) is 23.2 Å². The van der Waals surface area contributed by atoms with E-state index in [0.29, 0.717) is 17.4 Å². The normalized spacial score (nSPS) is 12.8. The average molecular weight is 504 g/mol. The van der Waals surface area contributed by atoms with Crippen molar-refractivity contribution >= 4 is 47.6 Å². The second kappa shape index (κ2) is 12.3. The number of likely N-dealkylation sites (N-methyl/N-ethyl adjacent to an activating group) is 1. The molecule has 0 radical (unpaired) electrons. The topological polar surface area (TPSA) is 56.7 Å². The molecule has 0 spiro atoms. The molecule has 0 aliphatic heterocycles. The minimum atomic E-state index is -4.41. The molecule has 1 aromatic carbocycles. The maximum Gasteiger partial charge on any atom is 0.406 e. The van der Waals surface area contributed by atoms with Gasteiger partial charge in [0, 0.05) is 30.8 Å². The molecular weight excluding hydrogens is 480 g/mol. The highest BCUT2D eigenvalue weighted by Crippen LogP contribution is 2.21. The van der Waals surface area contributed by atoms with E-state index in [9.17, 15) is 18.0 Å². The van der Waals surface area contributed by atoms with E-state index in [1.54, 1.807) is 11.8 Å². The Morgan fingerprint density at radius 1 is 1.27 bits per heavy atom. The molecule has 0 fully saturated rings. The molecule has 0 aliphatic carbocycles. The number of aliphatic imine (C=N–C) groups is 1. The van der Waals surface area contributed by atoms with E-state index in [-0.39, 0.29) is 35.8 Å². The Morgan fingerprint density at radius 2 is 1.88 bits per heavy atom. The van der Waals surface area contributed by atoms with E-state index in [0.717, 1.165) is 11.9 Å². The van der Waals surface area contributed by atoms with Crippen molar-refractivity contribution in [1.29, 1.82) is 0 Å². The van der Waals surface area contributed by atoms with Crippen LogP contribution in [0.15, 0.2) is 40.2 Å². The van der Waals surface area contributed by atoms with Crippen molar-refractivity contribution in [2.75, 3.05) is 33.7 Å². The number of guanidine groups is 1. The van der Waals surface area contributed by atoms with Crippen LogP contribution in [-0.2, 0) is 4.79 Å². The fourth-order valence-electron chi connectivity index (χ4n) is 1.89. The van der Waals surface area contributed by atoms with Crippen LogP contribution in [0.5, 0.6) is 0 Å². The molecule has 1 amide bonds. The molecule has 148 valence electrons. The quantitative estimate of drug-likeness (QED) is 0.260. The summed E-state index contributed by atoms with van der Waals surface area (Å²) >= 11 is 1.69.